The van der Waals surface area contributed by atoms with Crippen LogP contribution in [0, 0.1) is 5.41 Å². The summed E-state index contributed by atoms with van der Waals surface area (Å²) in [4.78, 5) is 12.9. The van der Waals surface area contributed by atoms with Gasteiger partial charge in [-0.3, -0.25) is 4.79 Å². The highest BCUT2D eigenvalue weighted by Crippen LogP contribution is 2.12. The number of carbonyl (C=O) groups is 1. The summed E-state index contributed by atoms with van der Waals surface area (Å²) in [5, 5.41) is 8.18. The highest BCUT2D eigenvalue weighted by molar-refractivity contribution is 7.09. The van der Waals surface area contributed by atoms with Gasteiger partial charge in [0.15, 0.2) is 0 Å². The van der Waals surface area contributed by atoms with Gasteiger partial charge in [0.05, 0.1) is 0 Å². The third-order valence-corrected chi connectivity index (χ3v) is 3.53. The van der Waals surface area contributed by atoms with Gasteiger partial charge in [-0.25, -0.2) is 0 Å². The predicted octanol–water partition coefficient (Wildman–Crippen LogP) is 2.04. The Morgan fingerprint density at radius 3 is 2.76 bits per heavy atom. The number of nitrogens with one attached hydrogen (secondary N) is 2. The number of rotatable bonds is 7. The Balaban J connectivity index is 2.21. The van der Waals surface area contributed by atoms with Crippen LogP contribution in [-0.2, 0) is 11.2 Å². The predicted molar refractivity (Wildman–Crippen MR) is 73.4 cm³/mol. The molecule has 0 saturated carbocycles. The fourth-order valence-electron chi connectivity index (χ4n) is 1.66. The molecular weight excluding hydrogens is 232 g/mol. The second kappa shape index (κ2) is 6.77. The van der Waals surface area contributed by atoms with Crippen LogP contribution in [0.25, 0.3) is 0 Å². The van der Waals surface area contributed by atoms with Crippen molar-refractivity contribution in [2.45, 2.75) is 26.7 Å². The molecule has 1 amide bonds. The van der Waals surface area contributed by atoms with E-state index < -0.39 is 0 Å². The topological polar surface area (TPSA) is 41.1 Å². The molecule has 0 bridgehead atoms. The minimum atomic E-state index is 0.105. The van der Waals surface area contributed by atoms with E-state index in [2.05, 4.69) is 30.5 Å². The summed E-state index contributed by atoms with van der Waals surface area (Å²) in [5.74, 6) is 0.141. The number of carbonyl (C=O) groups excluding carboxylic acids is 1. The zero-order chi connectivity index (χ0) is 12.7. The summed E-state index contributed by atoms with van der Waals surface area (Å²) in [6.45, 7) is 5.90. The highest BCUT2D eigenvalue weighted by Gasteiger charge is 2.17. The van der Waals surface area contributed by atoms with E-state index >= 15 is 0 Å². The average Bonchev–Trinajstić information content (AvgIpc) is 2.76. The molecule has 0 radical (unpaired) electrons. The molecule has 1 heterocycles. The molecule has 0 aliphatic carbocycles. The van der Waals surface area contributed by atoms with Crippen molar-refractivity contribution in [1.82, 2.24) is 10.6 Å². The van der Waals surface area contributed by atoms with Crippen molar-refractivity contribution >= 4 is 17.2 Å². The van der Waals surface area contributed by atoms with E-state index in [1.165, 1.54) is 4.88 Å². The first-order valence-electron chi connectivity index (χ1n) is 5.97. The molecule has 0 aliphatic heterocycles. The fraction of sp³-hybridized carbons (Fsp3) is 0.615. The molecule has 0 unspecified atom stereocenters. The maximum absolute atomic E-state index is 11.7. The van der Waals surface area contributed by atoms with Gasteiger partial charge < -0.3 is 10.6 Å². The Morgan fingerprint density at radius 1 is 1.41 bits per heavy atom. The molecule has 0 aromatic carbocycles. The monoisotopic (exact) mass is 254 g/mol. The van der Waals surface area contributed by atoms with Crippen LogP contribution in [0.4, 0.5) is 0 Å². The molecule has 1 rings (SSSR count). The van der Waals surface area contributed by atoms with Crippen LogP contribution in [0.3, 0.4) is 0 Å². The van der Waals surface area contributed by atoms with Gasteiger partial charge in [0.25, 0.3) is 0 Å². The lowest BCUT2D eigenvalue weighted by Gasteiger charge is -2.24. The first kappa shape index (κ1) is 14.2. The molecule has 17 heavy (non-hydrogen) atoms. The first-order chi connectivity index (χ1) is 8.03. The molecule has 0 saturated heterocycles. The molecule has 2 N–H and O–H groups in total. The number of hydrogen-bond acceptors (Lipinski definition) is 3. The second-order valence-corrected chi connectivity index (χ2v) is 6.08. The lowest BCUT2D eigenvalue weighted by atomic mass is 9.93. The van der Waals surface area contributed by atoms with Crippen LogP contribution >= 0.6 is 11.3 Å². The summed E-state index contributed by atoms with van der Waals surface area (Å²) < 4.78 is 0. The van der Waals surface area contributed by atoms with E-state index in [-0.39, 0.29) is 11.3 Å². The minimum Gasteiger partial charge on any atom is -0.356 e. The lowest BCUT2D eigenvalue weighted by Crippen LogP contribution is -2.39. The number of amides is 1. The van der Waals surface area contributed by atoms with Crippen molar-refractivity contribution in [3.05, 3.63) is 22.4 Å². The van der Waals surface area contributed by atoms with Crippen molar-refractivity contribution in [2.75, 3.05) is 20.1 Å². The highest BCUT2D eigenvalue weighted by atomic mass is 32.1. The molecule has 1 aromatic heterocycles. The van der Waals surface area contributed by atoms with Gasteiger partial charge in [0.2, 0.25) is 5.91 Å². The maximum atomic E-state index is 11.7. The van der Waals surface area contributed by atoms with Gasteiger partial charge >= 0.3 is 0 Å². The normalized spacial score (nSPS) is 11.5. The molecule has 3 nitrogen and oxygen atoms in total. The summed E-state index contributed by atoms with van der Waals surface area (Å²) in [6.07, 6.45) is 1.42. The molecule has 0 atom stereocenters. The zero-order valence-corrected chi connectivity index (χ0v) is 11.7. The average molecular weight is 254 g/mol. The van der Waals surface area contributed by atoms with Crippen LogP contribution in [0.1, 0.15) is 25.1 Å². The van der Waals surface area contributed by atoms with Crippen molar-refractivity contribution in [1.29, 1.82) is 0 Å². The fourth-order valence-corrected chi connectivity index (χ4v) is 2.37. The summed E-state index contributed by atoms with van der Waals surface area (Å²) >= 11 is 1.71. The van der Waals surface area contributed by atoms with Gasteiger partial charge in [-0.15, -0.1) is 11.3 Å². The zero-order valence-electron chi connectivity index (χ0n) is 10.9. The Hall–Kier alpha value is -0.870. The van der Waals surface area contributed by atoms with Crippen LogP contribution in [0.5, 0.6) is 0 Å². The van der Waals surface area contributed by atoms with E-state index in [1.807, 2.05) is 18.5 Å². The maximum Gasteiger partial charge on any atom is 0.220 e. The van der Waals surface area contributed by atoms with E-state index in [0.717, 1.165) is 19.5 Å². The minimum absolute atomic E-state index is 0.105. The third-order valence-electron chi connectivity index (χ3n) is 2.60. The Morgan fingerprint density at radius 2 is 2.18 bits per heavy atom. The van der Waals surface area contributed by atoms with Crippen LogP contribution < -0.4 is 10.6 Å². The first-order valence-corrected chi connectivity index (χ1v) is 6.85. The molecule has 96 valence electrons. The SMILES string of the molecule is CNCC(C)(C)CNC(=O)CCc1cccs1. The molecular formula is C13H22N2OS. The van der Waals surface area contributed by atoms with Gasteiger partial charge in [0.1, 0.15) is 0 Å². The summed E-state index contributed by atoms with van der Waals surface area (Å²) in [5.41, 5.74) is 0.105. The van der Waals surface area contributed by atoms with Crippen LogP contribution in [-0.4, -0.2) is 26.0 Å². The van der Waals surface area contributed by atoms with Gasteiger partial charge in [0, 0.05) is 24.4 Å². The van der Waals surface area contributed by atoms with Gasteiger partial charge in [-0.2, -0.15) is 0 Å². The van der Waals surface area contributed by atoms with Crippen molar-refractivity contribution in [2.24, 2.45) is 5.41 Å². The number of thiophene rings is 1. The number of aryl methyl sites for hydroxylation is 1. The van der Waals surface area contributed by atoms with Crippen molar-refractivity contribution < 1.29 is 4.79 Å². The molecule has 0 aliphatic rings. The Labute approximate surface area is 108 Å². The Kier molecular flexibility index (Phi) is 5.65. The van der Waals surface area contributed by atoms with Crippen molar-refractivity contribution in [3.8, 4) is 0 Å². The van der Waals surface area contributed by atoms with E-state index in [4.69, 9.17) is 0 Å². The van der Waals surface area contributed by atoms with Crippen molar-refractivity contribution in [3.63, 3.8) is 0 Å². The van der Waals surface area contributed by atoms with E-state index in [9.17, 15) is 4.79 Å². The Bertz CT molecular complexity index is 333. The number of hydrogen-bond donors (Lipinski definition) is 2. The standard InChI is InChI=1S/C13H22N2OS/c1-13(2,9-14-3)10-15-12(16)7-6-11-5-4-8-17-11/h4-5,8,14H,6-7,9-10H2,1-3H3,(H,15,16). The largest absolute Gasteiger partial charge is 0.356 e. The lowest BCUT2D eigenvalue weighted by molar-refractivity contribution is -0.121. The van der Waals surface area contributed by atoms with E-state index in [0.29, 0.717) is 6.42 Å². The van der Waals surface area contributed by atoms with Crippen LogP contribution in [0.2, 0.25) is 0 Å². The molecule has 1 aromatic rings. The molecule has 0 spiro atoms. The molecule has 0 fully saturated rings. The van der Waals surface area contributed by atoms with Gasteiger partial charge in [-0.1, -0.05) is 19.9 Å². The quantitative estimate of drug-likeness (QED) is 0.782. The smallest absolute Gasteiger partial charge is 0.220 e. The van der Waals surface area contributed by atoms with Gasteiger partial charge in [-0.05, 0) is 30.3 Å². The third kappa shape index (κ3) is 5.84. The second-order valence-electron chi connectivity index (χ2n) is 5.05. The summed E-state index contributed by atoms with van der Waals surface area (Å²) in [7, 11) is 1.93. The van der Waals surface area contributed by atoms with Crippen LogP contribution in [0.15, 0.2) is 17.5 Å². The summed E-state index contributed by atoms with van der Waals surface area (Å²) in [6, 6.07) is 4.09. The van der Waals surface area contributed by atoms with E-state index in [1.54, 1.807) is 11.3 Å². The molecule has 4 heteroatoms.